The molecule has 2 N–H and O–H groups in total. The molecule has 19 heavy (non-hydrogen) atoms. The van der Waals surface area contributed by atoms with Gasteiger partial charge in [-0.15, -0.1) is 10.2 Å². The van der Waals surface area contributed by atoms with E-state index in [0.29, 0.717) is 10.1 Å². The van der Waals surface area contributed by atoms with Gasteiger partial charge >= 0.3 is 0 Å². The van der Waals surface area contributed by atoms with Crippen LogP contribution in [0, 0.1) is 0 Å². The van der Waals surface area contributed by atoms with Crippen LogP contribution in [0.4, 0.5) is 5.13 Å². The van der Waals surface area contributed by atoms with Gasteiger partial charge < -0.3 is 15.5 Å². The number of carbonyl (C=O) groups excluding carboxylic acids is 1. The molecular weight excluding hydrogens is 262 g/mol. The maximum atomic E-state index is 12.0. The van der Waals surface area contributed by atoms with E-state index < -0.39 is 0 Å². The van der Waals surface area contributed by atoms with Crippen LogP contribution in [0.15, 0.2) is 0 Å². The molecule has 2 heterocycles. The summed E-state index contributed by atoms with van der Waals surface area (Å²) in [5.41, 5.74) is 0. The summed E-state index contributed by atoms with van der Waals surface area (Å²) in [5.74, 6) is -0.131. The van der Waals surface area contributed by atoms with Gasteiger partial charge in [-0.25, -0.2) is 0 Å². The predicted octanol–water partition coefficient (Wildman–Crippen LogP) is 1.18. The zero-order valence-corrected chi connectivity index (χ0v) is 12.3. The number of nitrogens with one attached hydrogen (secondary N) is 2. The van der Waals surface area contributed by atoms with Crippen molar-refractivity contribution in [3.05, 3.63) is 5.01 Å². The minimum atomic E-state index is -0.131. The van der Waals surface area contributed by atoms with Crippen molar-refractivity contribution < 1.29 is 4.79 Å². The highest BCUT2D eigenvalue weighted by Crippen LogP contribution is 2.15. The lowest BCUT2D eigenvalue weighted by Gasteiger charge is -2.20. The summed E-state index contributed by atoms with van der Waals surface area (Å²) >= 11 is 1.29. The number of likely N-dealkylation sites (tertiary alicyclic amines) is 1. The molecule has 1 aliphatic rings. The molecule has 1 fully saturated rings. The Balaban J connectivity index is 1.81. The van der Waals surface area contributed by atoms with E-state index >= 15 is 0 Å². The fourth-order valence-electron chi connectivity index (χ4n) is 2.22. The quantitative estimate of drug-likeness (QED) is 0.820. The Morgan fingerprint density at radius 2 is 2.16 bits per heavy atom. The first-order valence-electron chi connectivity index (χ1n) is 6.79. The molecule has 0 bridgehead atoms. The van der Waals surface area contributed by atoms with Crippen molar-refractivity contribution in [2.75, 3.05) is 31.5 Å². The minimum Gasteiger partial charge on any atom is -0.360 e. The summed E-state index contributed by atoms with van der Waals surface area (Å²) in [6.07, 6.45) is 2.53. The number of amides is 1. The third-order valence-electron chi connectivity index (χ3n) is 3.06. The summed E-state index contributed by atoms with van der Waals surface area (Å²) in [6.45, 7) is 7.99. The Hall–Kier alpha value is -1.21. The second kappa shape index (κ2) is 6.81. The summed E-state index contributed by atoms with van der Waals surface area (Å²) in [6, 6.07) is 0.136. The fraction of sp³-hybridized carbons (Fsp3) is 0.750. The van der Waals surface area contributed by atoms with Crippen molar-refractivity contribution in [3.8, 4) is 0 Å². The molecule has 0 saturated carbocycles. The first-order valence-corrected chi connectivity index (χ1v) is 7.61. The van der Waals surface area contributed by atoms with Crippen LogP contribution in [0.25, 0.3) is 0 Å². The molecule has 1 amide bonds. The molecular formula is C12H21N5OS. The number of hydrogen-bond acceptors (Lipinski definition) is 6. The van der Waals surface area contributed by atoms with E-state index in [9.17, 15) is 4.79 Å². The number of aromatic nitrogens is 2. The maximum absolute atomic E-state index is 12.0. The normalized spacial score (nSPS) is 17.4. The highest BCUT2D eigenvalue weighted by atomic mass is 32.1. The van der Waals surface area contributed by atoms with Gasteiger partial charge in [0.15, 0.2) is 0 Å². The second-order valence-corrected chi connectivity index (χ2v) is 5.80. The van der Waals surface area contributed by atoms with E-state index in [4.69, 9.17) is 0 Å². The Morgan fingerprint density at radius 1 is 1.42 bits per heavy atom. The van der Waals surface area contributed by atoms with Crippen molar-refractivity contribution >= 4 is 22.4 Å². The van der Waals surface area contributed by atoms with Crippen molar-refractivity contribution in [3.63, 3.8) is 0 Å². The lowest BCUT2D eigenvalue weighted by molar-refractivity contribution is 0.0931. The molecule has 2 rings (SSSR count). The molecule has 106 valence electrons. The highest BCUT2D eigenvalue weighted by molar-refractivity contribution is 7.17. The summed E-state index contributed by atoms with van der Waals surface area (Å²) in [4.78, 5) is 14.4. The number of rotatable bonds is 6. The third-order valence-corrected chi connectivity index (χ3v) is 3.94. The van der Waals surface area contributed by atoms with Crippen LogP contribution in [-0.4, -0.2) is 53.2 Å². The van der Waals surface area contributed by atoms with Gasteiger partial charge in [0.1, 0.15) is 0 Å². The Bertz CT molecular complexity index is 416. The Kier molecular flexibility index (Phi) is 5.09. The Labute approximate surface area is 117 Å². The first kappa shape index (κ1) is 14.2. The number of anilines is 1. The molecule has 0 aromatic carbocycles. The van der Waals surface area contributed by atoms with Gasteiger partial charge in [-0.1, -0.05) is 11.3 Å². The zero-order valence-electron chi connectivity index (χ0n) is 11.5. The first-order chi connectivity index (χ1) is 9.19. The topological polar surface area (TPSA) is 70.1 Å². The van der Waals surface area contributed by atoms with Crippen LogP contribution < -0.4 is 10.6 Å². The van der Waals surface area contributed by atoms with Crippen LogP contribution in [0.1, 0.15) is 36.5 Å². The van der Waals surface area contributed by atoms with E-state index in [1.54, 1.807) is 0 Å². The summed E-state index contributed by atoms with van der Waals surface area (Å²) in [5, 5.41) is 15.0. The van der Waals surface area contributed by atoms with Crippen LogP contribution in [0.5, 0.6) is 0 Å². The average Bonchev–Trinajstić information content (AvgIpc) is 3.00. The van der Waals surface area contributed by atoms with E-state index in [1.807, 2.05) is 13.8 Å². The van der Waals surface area contributed by atoms with Crippen LogP contribution in [-0.2, 0) is 0 Å². The van der Waals surface area contributed by atoms with E-state index in [2.05, 4.69) is 25.7 Å². The smallest absolute Gasteiger partial charge is 0.282 e. The molecule has 0 spiro atoms. The second-order valence-electron chi connectivity index (χ2n) is 4.82. The van der Waals surface area contributed by atoms with Crippen molar-refractivity contribution in [2.45, 2.75) is 32.7 Å². The van der Waals surface area contributed by atoms with Crippen LogP contribution in [0.3, 0.4) is 0 Å². The van der Waals surface area contributed by atoms with E-state index in [1.165, 1.54) is 24.2 Å². The van der Waals surface area contributed by atoms with Crippen LogP contribution >= 0.6 is 11.3 Å². The van der Waals surface area contributed by atoms with Crippen molar-refractivity contribution in [2.24, 2.45) is 0 Å². The van der Waals surface area contributed by atoms with Gasteiger partial charge in [-0.2, -0.15) is 0 Å². The number of nitrogens with zero attached hydrogens (tertiary/aromatic N) is 3. The van der Waals surface area contributed by atoms with Crippen LogP contribution in [0.2, 0.25) is 0 Å². The number of hydrogen-bond donors (Lipinski definition) is 2. The molecule has 1 atom stereocenters. The SMILES string of the molecule is CCNc1nnc(C(=O)NC(C)CN2CCCC2)s1. The molecule has 7 heteroatoms. The third kappa shape index (κ3) is 4.14. The van der Waals surface area contributed by atoms with Crippen molar-refractivity contribution in [1.82, 2.24) is 20.4 Å². The standard InChI is InChI=1S/C12H21N5OS/c1-3-13-12-16-15-11(19-12)10(18)14-9(2)8-17-6-4-5-7-17/h9H,3-8H2,1-2H3,(H,13,16)(H,14,18). The Morgan fingerprint density at radius 3 is 2.84 bits per heavy atom. The van der Waals surface area contributed by atoms with Crippen molar-refractivity contribution in [1.29, 1.82) is 0 Å². The predicted molar refractivity (Wildman–Crippen MR) is 76.7 cm³/mol. The molecule has 0 aliphatic carbocycles. The summed E-state index contributed by atoms with van der Waals surface area (Å²) < 4.78 is 0. The zero-order chi connectivity index (χ0) is 13.7. The van der Waals surface area contributed by atoms with Gasteiger partial charge in [0.05, 0.1) is 0 Å². The molecule has 6 nitrogen and oxygen atoms in total. The van der Waals surface area contributed by atoms with Gasteiger partial charge in [0, 0.05) is 19.1 Å². The summed E-state index contributed by atoms with van der Waals surface area (Å²) in [7, 11) is 0. The largest absolute Gasteiger partial charge is 0.360 e. The maximum Gasteiger partial charge on any atom is 0.282 e. The lowest BCUT2D eigenvalue weighted by Crippen LogP contribution is -2.41. The van der Waals surface area contributed by atoms with Gasteiger partial charge in [0.2, 0.25) is 10.1 Å². The molecule has 1 saturated heterocycles. The molecule has 1 aromatic rings. The average molecular weight is 283 g/mol. The molecule has 1 aromatic heterocycles. The monoisotopic (exact) mass is 283 g/mol. The number of carbonyl (C=O) groups is 1. The lowest BCUT2D eigenvalue weighted by atomic mass is 10.3. The minimum absolute atomic E-state index is 0.131. The molecule has 1 aliphatic heterocycles. The molecule has 0 radical (unpaired) electrons. The van der Waals surface area contributed by atoms with Gasteiger partial charge in [0.25, 0.3) is 5.91 Å². The highest BCUT2D eigenvalue weighted by Gasteiger charge is 2.18. The fourth-order valence-corrected chi connectivity index (χ4v) is 2.94. The molecule has 1 unspecified atom stereocenters. The van der Waals surface area contributed by atoms with E-state index in [-0.39, 0.29) is 11.9 Å². The van der Waals surface area contributed by atoms with Gasteiger partial charge in [-0.3, -0.25) is 4.79 Å². The van der Waals surface area contributed by atoms with Gasteiger partial charge in [-0.05, 0) is 39.8 Å². The van der Waals surface area contributed by atoms with E-state index in [0.717, 1.165) is 26.2 Å².